The van der Waals surface area contributed by atoms with Crippen LogP contribution in [0, 0.1) is 0 Å². The number of aromatic nitrogens is 1. The van der Waals surface area contributed by atoms with E-state index in [0.29, 0.717) is 30.0 Å². The smallest absolute Gasteiger partial charge is 0.339 e. The molecule has 6 heteroatoms. The van der Waals surface area contributed by atoms with Crippen molar-refractivity contribution in [1.29, 1.82) is 0 Å². The zero-order valence-corrected chi connectivity index (χ0v) is 15.1. The Morgan fingerprint density at radius 3 is 2.57 bits per heavy atom. The number of nitrogens with one attached hydrogen (secondary N) is 1. The lowest BCUT2D eigenvalue weighted by Crippen LogP contribution is -2.27. The molecule has 1 N–H and O–H groups in total. The van der Waals surface area contributed by atoms with Crippen molar-refractivity contribution in [3.05, 3.63) is 95.8 Å². The SMILES string of the molecule is O=C(O[C@@H](c1ccccc1)c1ccccn1)c1cccc(N2CCNC2=O)c1. The van der Waals surface area contributed by atoms with Crippen molar-refractivity contribution in [2.24, 2.45) is 0 Å². The highest BCUT2D eigenvalue weighted by atomic mass is 16.5. The number of esters is 1. The molecule has 28 heavy (non-hydrogen) atoms. The molecule has 2 amide bonds. The molecular formula is C22H19N3O3. The summed E-state index contributed by atoms with van der Waals surface area (Å²) in [5.41, 5.74) is 2.54. The summed E-state index contributed by atoms with van der Waals surface area (Å²) in [6, 6.07) is 21.7. The summed E-state index contributed by atoms with van der Waals surface area (Å²) < 4.78 is 5.83. The van der Waals surface area contributed by atoms with E-state index < -0.39 is 12.1 Å². The van der Waals surface area contributed by atoms with Gasteiger partial charge < -0.3 is 10.1 Å². The van der Waals surface area contributed by atoms with Gasteiger partial charge in [-0.05, 0) is 35.9 Å². The highest BCUT2D eigenvalue weighted by Gasteiger charge is 2.24. The quantitative estimate of drug-likeness (QED) is 0.694. The summed E-state index contributed by atoms with van der Waals surface area (Å²) in [7, 11) is 0. The van der Waals surface area contributed by atoms with Crippen LogP contribution >= 0.6 is 0 Å². The molecular weight excluding hydrogens is 354 g/mol. The van der Waals surface area contributed by atoms with Crippen LogP contribution in [0.4, 0.5) is 10.5 Å². The van der Waals surface area contributed by atoms with Gasteiger partial charge in [-0.3, -0.25) is 9.88 Å². The maximum absolute atomic E-state index is 12.9. The third kappa shape index (κ3) is 3.71. The number of benzene rings is 2. The number of pyridine rings is 1. The molecule has 1 aromatic heterocycles. The molecule has 0 spiro atoms. The summed E-state index contributed by atoms with van der Waals surface area (Å²) in [5.74, 6) is -0.471. The van der Waals surface area contributed by atoms with E-state index in [1.807, 2.05) is 48.5 Å². The van der Waals surface area contributed by atoms with Crippen LogP contribution < -0.4 is 10.2 Å². The van der Waals surface area contributed by atoms with Gasteiger partial charge in [-0.25, -0.2) is 9.59 Å². The summed E-state index contributed by atoms with van der Waals surface area (Å²) in [6.45, 7) is 1.15. The van der Waals surface area contributed by atoms with E-state index in [9.17, 15) is 9.59 Å². The lowest BCUT2D eigenvalue weighted by molar-refractivity contribution is 0.0370. The van der Waals surface area contributed by atoms with Gasteiger partial charge in [0, 0.05) is 25.0 Å². The van der Waals surface area contributed by atoms with E-state index in [1.165, 1.54) is 0 Å². The number of nitrogens with zero attached hydrogens (tertiary/aromatic N) is 2. The highest BCUT2D eigenvalue weighted by Crippen LogP contribution is 2.26. The molecule has 2 aromatic carbocycles. The fourth-order valence-corrected chi connectivity index (χ4v) is 3.15. The van der Waals surface area contributed by atoms with Crippen molar-refractivity contribution in [3.8, 4) is 0 Å². The first-order chi connectivity index (χ1) is 13.7. The minimum Gasteiger partial charge on any atom is -0.447 e. The van der Waals surface area contributed by atoms with Crippen LogP contribution in [0.1, 0.15) is 27.7 Å². The number of ether oxygens (including phenoxy) is 1. The molecule has 0 unspecified atom stereocenters. The maximum atomic E-state index is 12.9. The van der Waals surface area contributed by atoms with E-state index in [2.05, 4.69) is 10.3 Å². The van der Waals surface area contributed by atoms with Crippen molar-refractivity contribution < 1.29 is 14.3 Å². The van der Waals surface area contributed by atoms with Crippen molar-refractivity contribution in [2.75, 3.05) is 18.0 Å². The van der Waals surface area contributed by atoms with Crippen molar-refractivity contribution in [3.63, 3.8) is 0 Å². The molecule has 0 saturated carbocycles. The first-order valence-electron chi connectivity index (χ1n) is 9.04. The fourth-order valence-electron chi connectivity index (χ4n) is 3.15. The Morgan fingerprint density at radius 2 is 1.86 bits per heavy atom. The van der Waals surface area contributed by atoms with Crippen LogP contribution in [-0.4, -0.2) is 30.1 Å². The summed E-state index contributed by atoms with van der Waals surface area (Å²) >= 11 is 0. The lowest BCUT2D eigenvalue weighted by atomic mass is 10.1. The van der Waals surface area contributed by atoms with Crippen LogP contribution in [0.3, 0.4) is 0 Å². The molecule has 1 atom stereocenters. The largest absolute Gasteiger partial charge is 0.447 e. The molecule has 3 aromatic rings. The Balaban J connectivity index is 1.61. The van der Waals surface area contributed by atoms with Gasteiger partial charge in [-0.15, -0.1) is 0 Å². The van der Waals surface area contributed by atoms with Gasteiger partial charge >= 0.3 is 12.0 Å². The lowest BCUT2D eigenvalue weighted by Gasteiger charge is -2.19. The zero-order chi connectivity index (χ0) is 19.3. The molecule has 1 saturated heterocycles. The van der Waals surface area contributed by atoms with Gasteiger partial charge in [0.15, 0.2) is 6.10 Å². The molecule has 0 bridgehead atoms. The molecule has 1 fully saturated rings. The van der Waals surface area contributed by atoms with Crippen LogP contribution in [0.2, 0.25) is 0 Å². The Bertz CT molecular complexity index is 937. The predicted molar refractivity (Wildman–Crippen MR) is 105 cm³/mol. The number of carbonyl (C=O) groups excluding carboxylic acids is 2. The number of hydrogen-bond donors (Lipinski definition) is 1. The number of anilines is 1. The molecule has 0 radical (unpaired) electrons. The second-order valence-electron chi connectivity index (χ2n) is 6.38. The Labute approximate surface area is 162 Å². The Kier molecular flexibility index (Phi) is 5.01. The average molecular weight is 373 g/mol. The number of amides is 2. The van der Waals surface area contributed by atoms with Gasteiger partial charge in [-0.1, -0.05) is 42.5 Å². The van der Waals surface area contributed by atoms with Gasteiger partial charge in [0.1, 0.15) is 0 Å². The Morgan fingerprint density at radius 1 is 1.04 bits per heavy atom. The Hall–Kier alpha value is -3.67. The third-order valence-electron chi connectivity index (χ3n) is 4.53. The highest BCUT2D eigenvalue weighted by molar-refractivity contribution is 5.96. The molecule has 0 aliphatic carbocycles. The minimum atomic E-state index is -0.617. The number of hydrogen-bond acceptors (Lipinski definition) is 4. The van der Waals surface area contributed by atoms with Gasteiger partial charge in [0.25, 0.3) is 0 Å². The summed E-state index contributed by atoms with van der Waals surface area (Å²) in [5, 5.41) is 2.75. The topological polar surface area (TPSA) is 71.5 Å². The van der Waals surface area contributed by atoms with Crippen molar-refractivity contribution in [1.82, 2.24) is 10.3 Å². The van der Waals surface area contributed by atoms with E-state index >= 15 is 0 Å². The minimum absolute atomic E-state index is 0.166. The van der Waals surface area contributed by atoms with Gasteiger partial charge in [-0.2, -0.15) is 0 Å². The third-order valence-corrected chi connectivity index (χ3v) is 4.53. The van der Waals surface area contributed by atoms with Crippen LogP contribution in [0.15, 0.2) is 79.0 Å². The molecule has 1 aliphatic heterocycles. The average Bonchev–Trinajstić information content (AvgIpc) is 3.19. The fraction of sp³-hybridized carbons (Fsp3) is 0.136. The normalized spacial score (nSPS) is 14.4. The van der Waals surface area contributed by atoms with Crippen LogP contribution in [0.5, 0.6) is 0 Å². The van der Waals surface area contributed by atoms with Gasteiger partial charge in [0.2, 0.25) is 0 Å². The van der Waals surface area contributed by atoms with E-state index in [0.717, 1.165) is 5.56 Å². The molecule has 6 nitrogen and oxygen atoms in total. The number of urea groups is 1. The molecule has 4 rings (SSSR count). The van der Waals surface area contributed by atoms with E-state index in [4.69, 9.17) is 4.74 Å². The molecule has 140 valence electrons. The van der Waals surface area contributed by atoms with Crippen LogP contribution in [-0.2, 0) is 4.74 Å². The molecule has 2 heterocycles. The first kappa shape index (κ1) is 17.7. The summed E-state index contributed by atoms with van der Waals surface area (Å²) in [6.07, 6.45) is 1.06. The van der Waals surface area contributed by atoms with Crippen molar-refractivity contribution in [2.45, 2.75) is 6.10 Å². The van der Waals surface area contributed by atoms with Crippen molar-refractivity contribution >= 4 is 17.7 Å². The predicted octanol–water partition coefficient (Wildman–Crippen LogP) is 3.56. The maximum Gasteiger partial charge on any atom is 0.339 e. The first-order valence-corrected chi connectivity index (χ1v) is 9.04. The van der Waals surface area contributed by atoms with Crippen LogP contribution in [0.25, 0.3) is 0 Å². The van der Waals surface area contributed by atoms with E-state index in [1.54, 1.807) is 35.4 Å². The zero-order valence-electron chi connectivity index (χ0n) is 15.1. The molecule has 1 aliphatic rings. The second-order valence-corrected chi connectivity index (χ2v) is 6.38. The summed E-state index contributed by atoms with van der Waals surface area (Å²) in [4.78, 5) is 30.7. The standard InChI is InChI=1S/C22H19N3O3/c26-21(17-9-6-10-18(15-17)25-14-13-24-22(25)27)28-20(16-7-2-1-3-8-16)19-11-4-5-12-23-19/h1-12,15,20H,13-14H2,(H,24,27)/t20-/m0/s1. The monoisotopic (exact) mass is 373 g/mol. The van der Waals surface area contributed by atoms with E-state index in [-0.39, 0.29) is 6.03 Å². The second kappa shape index (κ2) is 7.92. The number of rotatable bonds is 5. The number of carbonyl (C=O) groups is 2. The van der Waals surface area contributed by atoms with Gasteiger partial charge in [0.05, 0.1) is 11.3 Å².